The van der Waals surface area contributed by atoms with Crippen LogP contribution in [0.25, 0.3) is 0 Å². The van der Waals surface area contributed by atoms with Crippen LogP contribution in [0.4, 0.5) is 0 Å². The third-order valence-electron chi connectivity index (χ3n) is 2.92. The molecule has 108 valence electrons. The van der Waals surface area contributed by atoms with E-state index in [0.717, 1.165) is 17.9 Å². The maximum atomic E-state index is 11.8. The van der Waals surface area contributed by atoms with Gasteiger partial charge >= 0.3 is 0 Å². The highest BCUT2D eigenvalue weighted by molar-refractivity contribution is 7.99. The van der Waals surface area contributed by atoms with Gasteiger partial charge in [-0.2, -0.15) is 11.8 Å². The first-order chi connectivity index (χ1) is 9.70. The molecule has 1 fully saturated rings. The number of rotatable bonds is 5. The molecule has 4 N–H and O–H groups in total. The van der Waals surface area contributed by atoms with E-state index in [2.05, 4.69) is 10.5 Å². The van der Waals surface area contributed by atoms with Crippen molar-refractivity contribution in [1.82, 2.24) is 5.32 Å². The Kier molecular flexibility index (Phi) is 5.11. The number of hydrogen-bond donors (Lipinski definition) is 3. The molecule has 1 aromatic carbocycles. The summed E-state index contributed by atoms with van der Waals surface area (Å²) in [5.74, 6) is 2.24. The molecule has 1 atom stereocenters. The van der Waals surface area contributed by atoms with Crippen molar-refractivity contribution < 1.29 is 14.7 Å². The number of nitrogens with zero attached hydrogens (tertiary/aromatic N) is 1. The predicted molar refractivity (Wildman–Crippen MR) is 78.3 cm³/mol. The number of amides is 1. The molecule has 1 saturated heterocycles. The van der Waals surface area contributed by atoms with E-state index in [1.165, 1.54) is 0 Å². The van der Waals surface area contributed by atoms with E-state index in [4.69, 9.17) is 15.7 Å². The third-order valence-corrected chi connectivity index (χ3v) is 4.09. The Balaban J connectivity index is 1.91. The molecule has 6 nitrogen and oxygen atoms in total. The number of nitrogens with one attached hydrogen (secondary N) is 1. The van der Waals surface area contributed by atoms with Gasteiger partial charge in [0, 0.05) is 11.8 Å². The van der Waals surface area contributed by atoms with E-state index in [9.17, 15) is 4.79 Å². The van der Waals surface area contributed by atoms with Crippen LogP contribution in [-0.2, 0) is 4.79 Å². The number of nitrogens with two attached hydrogens (primary N) is 1. The van der Waals surface area contributed by atoms with Crippen LogP contribution in [0.15, 0.2) is 29.4 Å². The minimum Gasteiger partial charge on any atom is -0.483 e. The van der Waals surface area contributed by atoms with Crippen LogP contribution in [0.3, 0.4) is 0 Å². The minimum atomic E-state index is -0.160. The van der Waals surface area contributed by atoms with Crippen molar-refractivity contribution in [3.05, 3.63) is 29.8 Å². The topological polar surface area (TPSA) is 96.9 Å². The summed E-state index contributed by atoms with van der Waals surface area (Å²) in [6.45, 7) is -0.0864. The summed E-state index contributed by atoms with van der Waals surface area (Å²) in [5, 5.41) is 14.6. The van der Waals surface area contributed by atoms with Crippen LogP contribution in [0, 0.1) is 0 Å². The molecule has 7 heteroatoms. The second-order valence-electron chi connectivity index (χ2n) is 4.40. The van der Waals surface area contributed by atoms with Crippen molar-refractivity contribution in [1.29, 1.82) is 0 Å². The molecular formula is C13H17N3O3S. The fourth-order valence-electron chi connectivity index (χ4n) is 1.92. The largest absolute Gasteiger partial charge is 0.483 e. The van der Waals surface area contributed by atoms with Crippen molar-refractivity contribution in [2.75, 3.05) is 18.1 Å². The zero-order valence-electron chi connectivity index (χ0n) is 10.9. The average molecular weight is 295 g/mol. The van der Waals surface area contributed by atoms with Crippen LogP contribution in [0.5, 0.6) is 5.75 Å². The van der Waals surface area contributed by atoms with Gasteiger partial charge < -0.3 is 21.0 Å². The maximum absolute atomic E-state index is 11.8. The zero-order chi connectivity index (χ0) is 14.4. The molecule has 1 aliphatic heterocycles. The SMILES string of the molecule is N/C(=N/O)c1ccccc1OCC(=O)NC1CCSC1. The highest BCUT2D eigenvalue weighted by atomic mass is 32.2. The van der Waals surface area contributed by atoms with Gasteiger partial charge in [0.1, 0.15) is 5.75 Å². The lowest BCUT2D eigenvalue weighted by molar-refractivity contribution is -0.123. The molecule has 0 spiro atoms. The van der Waals surface area contributed by atoms with Crippen LogP contribution < -0.4 is 15.8 Å². The van der Waals surface area contributed by atoms with E-state index >= 15 is 0 Å². The molecule has 1 aromatic rings. The number of hydrogen-bond acceptors (Lipinski definition) is 5. The predicted octanol–water partition coefficient (Wildman–Crippen LogP) is 0.782. The van der Waals surface area contributed by atoms with Crippen molar-refractivity contribution in [2.45, 2.75) is 12.5 Å². The van der Waals surface area contributed by atoms with E-state index in [-0.39, 0.29) is 24.4 Å². The van der Waals surface area contributed by atoms with Gasteiger partial charge in [-0.1, -0.05) is 17.3 Å². The fourth-order valence-corrected chi connectivity index (χ4v) is 3.07. The number of thioether (sulfide) groups is 1. The van der Waals surface area contributed by atoms with Crippen LogP contribution in [0.1, 0.15) is 12.0 Å². The molecule has 0 aromatic heterocycles. The number of carbonyl (C=O) groups excluding carboxylic acids is 1. The van der Waals surface area contributed by atoms with Gasteiger partial charge in [-0.25, -0.2) is 0 Å². The third kappa shape index (κ3) is 3.80. The van der Waals surface area contributed by atoms with Gasteiger partial charge in [0.05, 0.1) is 5.56 Å². The van der Waals surface area contributed by atoms with Crippen molar-refractivity contribution in [3.63, 3.8) is 0 Å². The summed E-state index contributed by atoms with van der Waals surface area (Å²) in [6, 6.07) is 7.07. The number of oxime groups is 1. The van der Waals surface area contributed by atoms with Crippen LogP contribution in [0.2, 0.25) is 0 Å². The van der Waals surface area contributed by atoms with Crippen molar-refractivity contribution in [3.8, 4) is 5.75 Å². The number of ether oxygens (including phenoxy) is 1. The van der Waals surface area contributed by atoms with E-state index < -0.39 is 0 Å². The molecule has 20 heavy (non-hydrogen) atoms. The minimum absolute atomic E-state index is 0.0480. The summed E-state index contributed by atoms with van der Waals surface area (Å²) in [6.07, 6.45) is 0.997. The first-order valence-corrected chi connectivity index (χ1v) is 7.43. The molecule has 2 rings (SSSR count). The Morgan fingerprint density at radius 3 is 3.05 bits per heavy atom. The second kappa shape index (κ2) is 7.04. The molecule has 1 unspecified atom stereocenters. The van der Waals surface area contributed by atoms with Crippen molar-refractivity contribution >= 4 is 23.5 Å². The van der Waals surface area contributed by atoms with E-state index in [1.807, 2.05) is 11.8 Å². The van der Waals surface area contributed by atoms with Crippen LogP contribution >= 0.6 is 11.8 Å². The van der Waals surface area contributed by atoms with Crippen LogP contribution in [-0.4, -0.2) is 41.1 Å². The van der Waals surface area contributed by atoms with Crippen molar-refractivity contribution in [2.24, 2.45) is 10.9 Å². The fraction of sp³-hybridized carbons (Fsp3) is 0.385. The smallest absolute Gasteiger partial charge is 0.258 e. The Labute approximate surface area is 121 Å². The Morgan fingerprint density at radius 2 is 2.35 bits per heavy atom. The van der Waals surface area contributed by atoms with Gasteiger partial charge in [0.2, 0.25) is 0 Å². The second-order valence-corrected chi connectivity index (χ2v) is 5.55. The monoisotopic (exact) mass is 295 g/mol. The highest BCUT2D eigenvalue weighted by Crippen LogP contribution is 2.18. The molecule has 0 radical (unpaired) electrons. The molecule has 1 heterocycles. The lowest BCUT2D eigenvalue weighted by Gasteiger charge is -2.13. The number of amidine groups is 1. The summed E-state index contributed by atoms with van der Waals surface area (Å²) in [5.41, 5.74) is 6.01. The number of benzene rings is 1. The van der Waals surface area contributed by atoms with Gasteiger partial charge in [0.15, 0.2) is 12.4 Å². The molecule has 1 amide bonds. The summed E-state index contributed by atoms with van der Waals surface area (Å²) in [4.78, 5) is 11.8. The maximum Gasteiger partial charge on any atom is 0.258 e. The summed E-state index contributed by atoms with van der Waals surface area (Å²) < 4.78 is 5.44. The molecular weight excluding hydrogens is 278 g/mol. The first kappa shape index (κ1) is 14.5. The molecule has 1 aliphatic rings. The standard InChI is InChI=1S/C13H17N3O3S/c14-13(16-18)10-3-1-2-4-11(10)19-7-12(17)15-9-5-6-20-8-9/h1-4,9,18H,5-8H2,(H2,14,16)(H,15,17). The molecule has 0 aliphatic carbocycles. The molecule has 0 saturated carbocycles. The Morgan fingerprint density at radius 1 is 1.55 bits per heavy atom. The summed E-state index contributed by atoms with van der Waals surface area (Å²) >= 11 is 1.83. The van der Waals surface area contributed by atoms with E-state index in [0.29, 0.717) is 11.3 Å². The van der Waals surface area contributed by atoms with E-state index in [1.54, 1.807) is 24.3 Å². The van der Waals surface area contributed by atoms with Gasteiger partial charge in [-0.15, -0.1) is 0 Å². The highest BCUT2D eigenvalue weighted by Gasteiger charge is 2.18. The lowest BCUT2D eigenvalue weighted by atomic mass is 10.2. The zero-order valence-corrected chi connectivity index (χ0v) is 11.7. The Bertz CT molecular complexity index is 501. The van der Waals surface area contributed by atoms with Gasteiger partial charge in [-0.05, 0) is 24.3 Å². The molecule has 0 bridgehead atoms. The van der Waals surface area contributed by atoms with Gasteiger partial charge in [-0.3, -0.25) is 4.79 Å². The Hall–Kier alpha value is -1.89. The normalized spacial score (nSPS) is 18.8. The summed E-state index contributed by atoms with van der Waals surface area (Å²) in [7, 11) is 0. The number of para-hydroxylation sites is 1. The first-order valence-electron chi connectivity index (χ1n) is 6.27. The lowest BCUT2D eigenvalue weighted by Crippen LogP contribution is -2.37. The quantitative estimate of drug-likeness (QED) is 0.323. The number of carbonyl (C=O) groups is 1. The van der Waals surface area contributed by atoms with Gasteiger partial charge in [0.25, 0.3) is 5.91 Å². The average Bonchev–Trinajstić information content (AvgIpc) is 2.97.